The predicted octanol–water partition coefficient (Wildman–Crippen LogP) is 4.23. The Morgan fingerprint density at radius 3 is 2.70 bits per heavy atom. The van der Waals surface area contributed by atoms with Gasteiger partial charge in [0, 0.05) is 12.0 Å². The minimum atomic E-state index is 0. The molecule has 6 heteroatoms. The SMILES string of the molecule is CC(C)c1ccc(OCCN=C(N)NC2CCOc3ccccc32)cc1.I. The van der Waals surface area contributed by atoms with Gasteiger partial charge in [-0.2, -0.15) is 0 Å². The topological polar surface area (TPSA) is 68.9 Å². The maximum Gasteiger partial charge on any atom is 0.189 e. The lowest BCUT2D eigenvalue weighted by Gasteiger charge is -2.26. The van der Waals surface area contributed by atoms with Crippen molar-refractivity contribution in [1.29, 1.82) is 0 Å². The van der Waals surface area contributed by atoms with Crippen molar-refractivity contribution in [2.75, 3.05) is 19.8 Å². The Hall–Kier alpha value is -1.96. The number of nitrogens with zero attached hydrogens (tertiary/aromatic N) is 1. The molecule has 0 amide bonds. The third kappa shape index (κ3) is 6.02. The van der Waals surface area contributed by atoms with Gasteiger partial charge >= 0.3 is 0 Å². The number of hydrogen-bond acceptors (Lipinski definition) is 3. The molecule has 5 nitrogen and oxygen atoms in total. The molecule has 0 saturated heterocycles. The van der Waals surface area contributed by atoms with Crippen LogP contribution in [0.2, 0.25) is 0 Å². The smallest absolute Gasteiger partial charge is 0.189 e. The minimum absolute atomic E-state index is 0. The highest BCUT2D eigenvalue weighted by atomic mass is 127. The lowest BCUT2D eigenvalue weighted by molar-refractivity contribution is 0.262. The van der Waals surface area contributed by atoms with Gasteiger partial charge in [0.2, 0.25) is 0 Å². The number of para-hydroxylation sites is 1. The summed E-state index contributed by atoms with van der Waals surface area (Å²) in [6.45, 7) is 6.04. The van der Waals surface area contributed by atoms with Crippen LogP contribution in [0, 0.1) is 0 Å². The van der Waals surface area contributed by atoms with E-state index in [-0.39, 0.29) is 30.0 Å². The van der Waals surface area contributed by atoms with Crippen molar-refractivity contribution in [3.05, 3.63) is 59.7 Å². The van der Waals surface area contributed by atoms with Crippen LogP contribution in [0.1, 0.15) is 43.4 Å². The number of fused-ring (bicyclic) bond motifs is 1. The summed E-state index contributed by atoms with van der Waals surface area (Å²) in [5.41, 5.74) is 8.47. The molecule has 0 aromatic heterocycles. The number of rotatable bonds is 6. The molecule has 0 saturated carbocycles. The van der Waals surface area contributed by atoms with Crippen LogP contribution >= 0.6 is 24.0 Å². The number of nitrogens with two attached hydrogens (primary N) is 1. The van der Waals surface area contributed by atoms with Gasteiger partial charge in [-0.3, -0.25) is 0 Å². The lowest BCUT2D eigenvalue weighted by atomic mass is 10.0. The molecule has 3 rings (SSSR count). The maximum atomic E-state index is 6.04. The van der Waals surface area contributed by atoms with Crippen LogP contribution < -0.4 is 20.5 Å². The average molecular weight is 481 g/mol. The normalized spacial score (nSPS) is 16.1. The Balaban J connectivity index is 0.00000261. The molecule has 0 spiro atoms. The number of nitrogens with one attached hydrogen (secondary N) is 1. The second-order valence-corrected chi connectivity index (χ2v) is 6.71. The number of benzene rings is 2. The summed E-state index contributed by atoms with van der Waals surface area (Å²) in [5, 5.41) is 3.29. The highest BCUT2D eigenvalue weighted by Crippen LogP contribution is 2.31. The molecule has 2 aromatic rings. The van der Waals surface area contributed by atoms with Gasteiger partial charge in [-0.05, 0) is 29.7 Å². The molecule has 1 atom stereocenters. The molecule has 1 unspecified atom stereocenters. The van der Waals surface area contributed by atoms with E-state index in [2.05, 4.69) is 42.4 Å². The molecule has 0 bridgehead atoms. The molecular formula is C21H28IN3O2. The van der Waals surface area contributed by atoms with Gasteiger partial charge in [0.1, 0.15) is 18.1 Å². The number of aliphatic imine (C=N–C) groups is 1. The zero-order valence-electron chi connectivity index (χ0n) is 15.9. The number of halogens is 1. The highest BCUT2D eigenvalue weighted by Gasteiger charge is 2.21. The Labute approximate surface area is 178 Å². The third-order valence-corrected chi connectivity index (χ3v) is 4.47. The van der Waals surface area contributed by atoms with Crippen molar-refractivity contribution in [3.63, 3.8) is 0 Å². The van der Waals surface area contributed by atoms with E-state index in [1.807, 2.05) is 30.3 Å². The van der Waals surface area contributed by atoms with Gasteiger partial charge in [0.05, 0.1) is 19.2 Å². The summed E-state index contributed by atoms with van der Waals surface area (Å²) in [5.74, 6) is 2.73. The number of guanidine groups is 1. The highest BCUT2D eigenvalue weighted by molar-refractivity contribution is 14.0. The van der Waals surface area contributed by atoms with Gasteiger partial charge in [-0.15, -0.1) is 24.0 Å². The van der Waals surface area contributed by atoms with Gasteiger partial charge in [-0.25, -0.2) is 4.99 Å². The van der Waals surface area contributed by atoms with Crippen molar-refractivity contribution in [2.45, 2.75) is 32.2 Å². The molecule has 146 valence electrons. The van der Waals surface area contributed by atoms with Gasteiger partial charge in [-0.1, -0.05) is 44.2 Å². The van der Waals surface area contributed by atoms with Crippen LogP contribution in [-0.4, -0.2) is 25.7 Å². The Morgan fingerprint density at radius 1 is 1.22 bits per heavy atom. The van der Waals surface area contributed by atoms with Crippen molar-refractivity contribution >= 4 is 29.9 Å². The summed E-state index contributed by atoms with van der Waals surface area (Å²) in [4.78, 5) is 4.37. The second kappa shape index (κ2) is 10.4. The summed E-state index contributed by atoms with van der Waals surface area (Å²) >= 11 is 0. The van der Waals surface area contributed by atoms with Crippen LogP contribution in [0.4, 0.5) is 0 Å². The van der Waals surface area contributed by atoms with E-state index in [1.54, 1.807) is 0 Å². The Morgan fingerprint density at radius 2 is 1.96 bits per heavy atom. The first kappa shape index (κ1) is 21.3. The van der Waals surface area contributed by atoms with Crippen LogP contribution in [0.5, 0.6) is 11.5 Å². The van der Waals surface area contributed by atoms with E-state index in [0.29, 0.717) is 31.6 Å². The first-order valence-electron chi connectivity index (χ1n) is 9.14. The van der Waals surface area contributed by atoms with Crippen molar-refractivity contribution in [1.82, 2.24) is 5.32 Å². The summed E-state index contributed by atoms with van der Waals surface area (Å²) in [7, 11) is 0. The molecule has 0 aliphatic carbocycles. The largest absolute Gasteiger partial charge is 0.493 e. The van der Waals surface area contributed by atoms with Gasteiger partial charge in [0.25, 0.3) is 0 Å². The fourth-order valence-electron chi connectivity index (χ4n) is 2.99. The molecule has 0 radical (unpaired) electrons. The zero-order valence-corrected chi connectivity index (χ0v) is 18.2. The second-order valence-electron chi connectivity index (χ2n) is 6.71. The maximum absolute atomic E-state index is 6.04. The number of hydrogen-bond donors (Lipinski definition) is 2. The molecule has 0 fully saturated rings. The van der Waals surface area contributed by atoms with Crippen LogP contribution in [0.25, 0.3) is 0 Å². The first-order valence-corrected chi connectivity index (χ1v) is 9.14. The summed E-state index contributed by atoms with van der Waals surface area (Å²) < 4.78 is 11.4. The zero-order chi connectivity index (χ0) is 18.4. The van der Waals surface area contributed by atoms with E-state index >= 15 is 0 Å². The molecule has 1 heterocycles. The quantitative estimate of drug-likeness (QED) is 0.281. The van der Waals surface area contributed by atoms with Crippen LogP contribution in [0.3, 0.4) is 0 Å². The fourth-order valence-corrected chi connectivity index (χ4v) is 2.99. The fraction of sp³-hybridized carbons (Fsp3) is 0.381. The monoisotopic (exact) mass is 481 g/mol. The van der Waals surface area contributed by atoms with Crippen LogP contribution in [-0.2, 0) is 0 Å². The van der Waals surface area contributed by atoms with E-state index < -0.39 is 0 Å². The molecule has 27 heavy (non-hydrogen) atoms. The van der Waals surface area contributed by atoms with Crippen molar-refractivity contribution in [2.24, 2.45) is 10.7 Å². The molecule has 1 aliphatic rings. The van der Waals surface area contributed by atoms with E-state index in [1.165, 1.54) is 5.56 Å². The third-order valence-electron chi connectivity index (χ3n) is 4.47. The van der Waals surface area contributed by atoms with E-state index in [0.717, 1.165) is 23.5 Å². The van der Waals surface area contributed by atoms with Crippen molar-refractivity contribution in [3.8, 4) is 11.5 Å². The summed E-state index contributed by atoms with van der Waals surface area (Å²) in [6, 6.07) is 16.4. The molecule has 2 aromatic carbocycles. The Bertz CT molecular complexity index is 747. The molecule has 3 N–H and O–H groups in total. The number of ether oxygens (including phenoxy) is 2. The predicted molar refractivity (Wildman–Crippen MR) is 120 cm³/mol. The van der Waals surface area contributed by atoms with Gasteiger partial charge in [0.15, 0.2) is 5.96 Å². The molecular weight excluding hydrogens is 453 g/mol. The summed E-state index contributed by atoms with van der Waals surface area (Å²) in [6.07, 6.45) is 0.867. The minimum Gasteiger partial charge on any atom is -0.493 e. The van der Waals surface area contributed by atoms with Gasteiger partial charge < -0.3 is 20.5 Å². The average Bonchev–Trinajstić information content (AvgIpc) is 2.66. The lowest BCUT2D eigenvalue weighted by Crippen LogP contribution is -2.37. The van der Waals surface area contributed by atoms with Crippen LogP contribution in [0.15, 0.2) is 53.5 Å². The van der Waals surface area contributed by atoms with Crippen molar-refractivity contribution < 1.29 is 9.47 Å². The first-order chi connectivity index (χ1) is 12.6. The molecule has 1 aliphatic heterocycles. The van der Waals surface area contributed by atoms with E-state index in [4.69, 9.17) is 15.2 Å². The van der Waals surface area contributed by atoms with E-state index in [9.17, 15) is 0 Å². The standard InChI is InChI=1S/C21H27N3O2.HI/c1-15(2)16-7-9-17(10-8-16)25-14-12-23-21(22)24-19-11-13-26-20-6-4-3-5-18(19)20;/h3-10,15,19H,11-14H2,1-2H3,(H3,22,23,24);1H. The Kier molecular flexibility index (Phi) is 8.22.